The van der Waals surface area contributed by atoms with Crippen molar-refractivity contribution in [3.8, 4) is 0 Å². The maximum absolute atomic E-state index is 12.1. The number of esters is 2. The van der Waals surface area contributed by atoms with Gasteiger partial charge in [-0.05, 0) is 50.9 Å². The van der Waals surface area contributed by atoms with E-state index in [9.17, 15) is 9.59 Å². The van der Waals surface area contributed by atoms with Gasteiger partial charge in [-0.1, -0.05) is 6.58 Å². The number of carbonyl (C=O) groups is 2. The van der Waals surface area contributed by atoms with E-state index in [-0.39, 0.29) is 23.6 Å². The zero-order chi connectivity index (χ0) is 16.2. The Kier molecular flexibility index (Phi) is 3.34. The van der Waals surface area contributed by atoms with Gasteiger partial charge < -0.3 is 14.2 Å². The lowest BCUT2D eigenvalue weighted by molar-refractivity contribution is -0.243. The van der Waals surface area contributed by atoms with E-state index in [1.165, 1.54) is 6.42 Å². The molecule has 0 spiro atoms. The van der Waals surface area contributed by atoms with Crippen LogP contribution < -0.4 is 0 Å². The number of hydrogen-bond acceptors (Lipinski definition) is 5. The van der Waals surface area contributed by atoms with Crippen LogP contribution in [0, 0.1) is 11.8 Å². The van der Waals surface area contributed by atoms with Gasteiger partial charge in [0, 0.05) is 12.0 Å². The van der Waals surface area contributed by atoms with Crippen LogP contribution in [0.4, 0.5) is 0 Å². The minimum Gasteiger partial charge on any atom is -0.463 e. The molecule has 0 N–H and O–H groups in total. The van der Waals surface area contributed by atoms with Crippen molar-refractivity contribution in [2.75, 3.05) is 6.61 Å². The summed E-state index contributed by atoms with van der Waals surface area (Å²) in [6.07, 6.45) is 6.06. The largest absolute Gasteiger partial charge is 0.463 e. The first-order valence-electron chi connectivity index (χ1n) is 8.59. The predicted molar refractivity (Wildman–Crippen MR) is 81.5 cm³/mol. The molecule has 1 saturated heterocycles. The van der Waals surface area contributed by atoms with Crippen molar-refractivity contribution < 1.29 is 23.8 Å². The molecule has 23 heavy (non-hydrogen) atoms. The average molecular weight is 320 g/mol. The topological polar surface area (TPSA) is 61.8 Å². The number of hydrogen-bond donors (Lipinski definition) is 0. The summed E-state index contributed by atoms with van der Waals surface area (Å²) in [7, 11) is 0. The van der Waals surface area contributed by atoms with E-state index in [0.717, 1.165) is 32.1 Å². The number of carbonyl (C=O) groups excluding carboxylic acids is 2. The SMILES string of the molecule is C=C(C)C(=O)OC12CC3CC(C1)CC(OC1COC(=O)C1)(C3)C2. The summed E-state index contributed by atoms with van der Waals surface area (Å²) < 4.78 is 17.3. The van der Waals surface area contributed by atoms with Crippen molar-refractivity contribution in [2.24, 2.45) is 11.8 Å². The zero-order valence-electron chi connectivity index (χ0n) is 13.6. The van der Waals surface area contributed by atoms with E-state index in [2.05, 4.69) is 6.58 Å². The lowest BCUT2D eigenvalue weighted by Crippen LogP contribution is -2.62. The summed E-state index contributed by atoms with van der Waals surface area (Å²) in [5, 5.41) is 0. The van der Waals surface area contributed by atoms with Crippen LogP contribution in [-0.4, -0.2) is 35.9 Å². The molecule has 5 rings (SSSR count). The van der Waals surface area contributed by atoms with Crippen molar-refractivity contribution >= 4 is 11.9 Å². The summed E-state index contributed by atoms with van der Waals surface area (Å²) in [5.41, 5.74) is -0.202. The fourth-order valence-corrected chi connectivity index (χ4v) is 5.56. The van der Waals surface area contributed by atoms with Gasteiger partial charge in [-0.3, -0.25) is 4.79 Å². The molecule has 3 unspecified atom stereocenters. The highest BCUT2D eigenvalue weighted by Crippen LogP contribution is 2.60. The van der Waals surface area contributed by atoms with Crippen LogP contribution in [0.25, 0.3) is 0 Å². The van der Waals surface area contributed by atoms with Crippen molar-refractivity contribution in [3.05, 3.63) is 12.2 Å². The van der Waals surface area contributed by atoms with Gasteiger partial charge in [0.05, 0.1) is 12.0 Å². The monoisotopic (exact) mass is 320 g/mol. The van der Waals surface area contributed by atoms with E-state index in [0.29, 0.717) is 30.4 Å². The molecule has 5 nitrogen and oxygen atoms in total. The van der Waals surface area contributed by atoms with Crippen molar-refractivity contribution in [2.45, 2.75) is 69.2 Å². The average Bonchev–Trinajstić information content (AvgIpc) is 2.80. The second kappa shape index (κ2) is 5.07. The van der Waals surface area contributed by atoms with E-state index in [4.69, 9.17) is 14.2 Å². The fourth-order valence-electron chi connectivity index (χ4n) is 5.56. The van der Waals surface area contributed by atoms with Crippen LogP contribution in [0.3, 0.4) is 0 Å². The molecule has 0 aromatic carbocycles. The highest BCUT2D eigenvalue weighted by Gasteiger charge is 2.61. The Morgan fingerprint density at radius 1 is 1.22 bits per heavy atom. The first-order valence-corrected chi connectivity index (χ1v) is 8.59. The maximum Gasteiger partial charge on any atom is 0.333 e. The van der Waals surface area contributed by atoms with Crippen LogP contribution in [0.1, 0.15) is 51.9 Å². The zero-order valence-corrected chi connectivity index (χ0v) is 13.6. The lowest BCUT2D eigenvalue weighted by atomic mass is 9.52. The van der Waals surface area contributed by atoms with E-state index >= 15 is 0 Å². The summed E-state index contributed by atoms with van der Waals surface area (Å²) in [4.78, 5) is 23.4. The van der Waals surface area contributed by atoms with Gasteiger partial charge in [0.25, 0.3) is 0 Å². The molecule has 0 aromatic rings. The van der Waals surface area contributed by atoms with Crippen LogP contribution in [-0.2, 0) is 23.8 Å². The minimum absolute atomic E-state index is 0.146. The van der Waals surface area contributed by atoms with Crippen LogP contribution in [0.2, 0.25) is 0 Å². The molecule has 5 aliphatic rings. The molecular weight excluding hydrogens is 296 g/mol. The first kappa shape index (κ1) is 15.2. The number of rotatable bonds is 4. The Bertz CT molecular complexity index is 552. The Hall–Kier alpha value is -1.36. The Morgan fingerprint density at radius 2 is 1.87 bits per heavy atom. The van der Waals surface area contributed by atoms with Gasteiger partial charge in [-0.2, -0.15) is 0 Å². The fraction of sp³-hybridized carbons (Fsp3) is 0.778. The number of ether oxygens (including phenoxy) is 3. The van der Waals surface area contributed by atoms with Gasteiger partial charge in [0.2, 0.25) is 0 Å². The van der Waals surface area contributed by atoms with Crippen molar-refractivity contribution in [1.82, 2.24) is 0 Å². The molecule has 3 atom stereocenters. The number of cyclic esters (lactones) is 1. The third kappa shape index (κ3) is 2.69. The highest BCUT2D eigenvalue weighted by atomic mass is 16.6. The predicted octanol–water partition coefficient (Wildman–Crippen LogP) is 2.53. The lowest BCUT2D eigenvalue weighted by Gasteiger charge is -2.61. The molecule has 4 bridgehead atoms. The first-order chi connectivity index (χ1) is 10.9. The molecular formula is C18H24O5. The summed E-state index contributed by atoms with van der Waals surface area (Å²) in [6.45, 7) is 5.75. The van der Waals surface area contributed by atoms with Crippen LogP contribution >= 0.6 is 0 Å². The molecule has 126 valence electrons. The third-order valence-corrected chi connectivity index (χ3v) is 5.85. The van der Waals surface area contributed by atoms with Crippen molar-refractivity contribution in [1.29, 1.82) is 0 Å². The van der Waals surface area contributed by atoms with Gasteiger partial charge in [0.15, 0.2) is 0 Å². The molecule has 5 heteroatoms. The van der Waals surface area contributed by atoms with Crippen LogP contribution in [0.15, 0.2) is 12.2 Å². The molecule has 4 aliphatic carbocycles. The molecule has 4 saturated carbocycles. The normalized spacial score (nSPS) is 44.2. The Morgan fingerprint density at radius 3 is 2.43 bits per heavy atom. The van der Waals surface area contributed by atoms with E-state index in [1.807, 2.05) is 0 Å². The summed E-state index contributed by atoms with van der Waals surface area (Å²) in [6, 6.07) is 0. The second-order valence-electron chi connectivity index (χ2n) is 8.12. The molecule has 1 heterocycles. The third-order valence-electron chi connectivity index (χ3n) is 5.85. The summed E-state index contributed by atoms with van der Waals surface area (Å²) >= 11 is 0. The van der Waals surface area contributed by atoms with Gasteiger partial charge in [-0.25, -0.2) is 4.79 Å². The Balaban J connectivity index is 1.54. The standard InChI is InChI=1S/C18H24O5/c1-11(2)16(20)23-18-7-12-3-13(8-18)6-17(5-12,10-18)22-14-4-15(19)21-9-14/h12-14H,1,3-10H2,2H3. The maximum atomic E-state index is 12.1. The van der Waals surface area contributed by atoms with Gasteiger partial charge in [-0.15, -0.1) is 0 Å². The quantitative estimate of drug-likeness (QED) is 0.588. The highest BCUT2D eigenvalue weighted by molar-refractivity contribution is 5.87. The smallest absolute Gasteiger partial charge is 0.333 e. The molecule has 1 aliphatic heterocycles. The van der Waals surface area contributed by atoms with Crippen LogP contribution in [0.5, 0.6) is 0 Å². The molecule has 0 radical (unpaired) electrons. The summed E-state index contributed by atoms with van der Waals surface area (Å²) in [5.74, 6) is 0.629. The Labute approximate surface area is 136 Å². The molecule has 5 fully saturated rings. The molecule has 0 aromatic heterocycles. The second-order valence-corrected chi connectivity index (χ2v) is 8.12. The van der Waals surface area contributed by atoms with E-state index in [1.54, 1.807) is 6.92 Å². The van der Waals surface area contributed by atoms with Crippen molar-refractivity contribution in [3.63, 3.8) is 0 Å². The van der Waals surface area contributed by atoms with E-state index < -0.39 is 5.60 Å². The van der Waals surface area contributed by atoms with Gasteiger partial charge in [0.1, 0.15) is 18.3 Å². The molecule has 0 amide bonds. The minimum atomic E-state index is -0.399. The van der Waals surface area contributed by atoms with Gasteiger partial charge >= 0.3 is 11.9 Å².